The molecule has 0 aliphatic carbocycles. The van der Waals surface area contributed by atoms with E-state index in [0.29, 0.717) is 6.42 Å². The largest absolute Gasteiger partial charge is 0.294 e. The second-order valence-electron chi connectivity index (χ2n) is 3.30. The second kappa shape index (κ2) is 7.07. The summed E-state index contributed by atoms with van der Waals surface area (Å²) >= 11 is 5.05. The van der Waals surface area contributed by atoms with Crippen molar-refractivity contribution in [1.82, 2.24) is 0 Å². The number of Topliss-reactive ketones (excluding diaryl/α,β-unsaturated/α-hetero) is 1. The number of ketones is 1. The Morgan fingerprint density at radius 2 is 1.93 bits per heavy atom. The molecule has 0 aliphatic rings. The Balaban J connectivity index is 2.50. The summed E-state index contributed by atoms with van der Waals surface area (Å²) in [5, 5.41) is 0.978. The Bertz CT molecular complexity index is 308. The van der Waals surface area contributed by atoms with E-state index in [9.17, 15) is 4.79 Å². The monoisotopic (exact) mass is 286 g/mol. The topological polar surface area (TPSA) is 17.1 Å². The number of thioether (sulfide) groups is 1. The third-order valence-corrected chi connectivity index (χ3v) is 3.50. The Labute approximate surface area is 104 Å². The lowest BCUT2D eigenvalue weighted by Gasteiger charge is -2.01. The van der Waals surface area contributed by atoms with Gasteiger partial charge in [-0.15, -0.1) is 11.8 Å². The predicted molar refractivity (Wildman–Crippen MR) is 70.2 cm³/mol. The zero-order chi connectivity index (χ0) is 11.1. The van der Waals surface area contributed by atoms with Crippen LogP contribution < -0.4 is 0 Å². The molecular formula is C12H15BrOS. The molecule has 1 rings (SSSR count). The molecule has 0 unspecified atom stereocenters. The lowest BCUT2D eigenvalue weighted by Crippen LogP contribution is -1.98. The van der Waals surface area contributed by atoms with Crippen LogP contribution in [0.25, 0.3) is 0 Å². The third-order valence-electron chi connectivity index (χ3n) is 2.20. The van der Waals surface area contributed by atoms with Crippen LogP contribution in [0.3, 0.4) is 0 Å². The Kier molecular flexibility index (Phi) is 6.03. The van der Waals surface area contributed by atoms with Crippen LogP contribution in [0.1, 0.15) is 29.6 Å². The summed E-state index contributed by atoms with van der Waals surface area (Å²) in [6.07, 6.45) is 4.72. The molecule has 0 saturated carbocycles. The predicted octanol–water partition coefficient (Wildman–Crippen LogP) is 4.16. The number of carbonyl (C=O) groups excluding carboxylic acids is 1. The maximum Gasteiger partial charge on any atom is 0.162 e. The fourth-order valence-corrected chi connectivity index (χ4v) is 2.11. The number of benzene rings is 1. The molecule has 0 bridgehead atoms. The van der Waals surface area contributed by atoms with E-state index in [1.54, 1.807) is 11.8 Å². The van der Waals surface area contributed by atoms with E-state index in [1.165, 1.54) is 4.90 Å². The van der Waals surface area contributed by atoms with E-state index in [4.69, 9.17) is 0 Å². The molecule has 0 spiro atoms. The maximum atomic E-state index is 11.7. The van der Waals surface area contributed by atoms with Crippen molar-refractivity contribution in [3.05, 3.63) is 29.8 Å². The minimum absolute atomic E-state index is 0.253. The molecule has 1 aromatic carbocycles. The average Bonchev–Trinajstić information content (AvgIpc) is 2.29. The smallest absolute Gasteiger partial charge is 0.162 e. The van der Waals surface area contributed by atoms with Crippen LogP contribution in [-0.2, 0) is 0 Å². The molecule has 1 nitrogen and oxygen atoms in total. The zero-order valence-corrected chi connectivity index (χ0v) is 11.2. The Hall–Kier alpha value is -0.280. The van der Waals surface area contributed by atoms with Gasteiger partial charge >= 0.3 is 0 Å². The van der Waals surface area contributed by atoms with E-state index in [1.807, 2.05) is 30.5 Å². The molecule has 0 heterocycles. The van der Waals surface area contributed by atoms with Crippen LogP contribution in [0.2, 0.25) is 0 Å². The van der Waals surface area contributed by atoms with Crippen molar-refractivity contribution in [3.8, 4) is 0 Å². The van der Waals surface area contributed by atoms with Crippen molar-refractivity contribution in [3.63, 3.8) is 0 Å². The van der Waals surface area contributed by atoms with E-state index >= 15 is 0 Å². The number of halogens is 1. The van der Waals surface area contributed by atoms with Crippen molar-refractivity contribution in [2.24, 2.45) is 0 Å². The molecular weight excluding hydrogens is 272 g/mol. The van der Waals surface area contributed by atoms with E-state index < -0.39 is 0 Å². The fraction of sp³-hybridized carbons (Fsp3) is 0.417. The minimum Gasteiger partial charge on any atom is -0.294 e. The van der Waals surface area contributed by atoms with Crippen LogP contribution in [0.4, 0.5) is 0 Å². The molecule has 0 aromatic heterocycles. The highest BCUT2D eigenvalue weighted by Crippen LogP contribution is 2.16. The first-order valence-corrected chi connectivity index (χ1v) is 7.35. The summed E-state index contributed by atoms with van der Waals surface area (Å²) in [5.74, 6) is 0.253. The lowest BCUT2D eigenvalue weighted by molar-refractivity contribution is 0.0980. The van der Waals surface area contributed by atoms with E-state index in [0.717, 1.165) is 23.7 Å². The lowest BCUT2D eigenvalue weighted by atomic mass is 10.1. The number of hydrogen-bond donors (Lipinski definition) is 0. The number of alkyl halides is 1. The molecule has 0 amide bonds. The van der Waals surface area contributed by atoms with Crippen molar-refractivity contribution in [2.45, 2.75) is 24.2 Å². The summed E-state index contributed by atoms with van der Waals surface area (Å²) in [4.78, 5) is 12.9. The number of carbonyl (C=O) groups is 1. The summed E-state index contributed by atoms with van der Waals surface area (Å²) in [6.45, 7) is 0. The van der Waals surface area contributed by atoms with Gasteiger partial charge in [0.2, 0.25) is 0 Å². The van der Waals surface area contributed by atoms with E-state index in [-0.39, 0.29) is 5.78 Å². The molecule has 0 atom stereocenters. The first kappa shape index (κ1) is 12.8. The van der Waals surface area contributed by atoms with Gasteiger partial charge in [-0.25, -0.2) is 0 Å². The number of unbranched alkanes of at least 4 members (excludes halogenated alkanes) is 1. The standard InChI is InChI=1S/C12H15BrOS/c1-15-11-7-5-10(6-8-11)12(14)4-2-3-9-13/h5-8H,2-4,9H2,1H3. The summed E-state index contributed by atoms with van der Waals surface area (Å²) < 4.78 is 0. The number of hydrogen-bond acceptors (Lipinski definition) is 2. The van der Waals surface area contributed by atoms with Gasteiger partial charge in [-0.3, -0.25) is 4.79 Å². The highest BCUT2D eigenvalue weighted by molar-refractivity contribution is 9.09. The van der Waals surface area contributed by atoms with Crippen molar-refractivity contribution < 1.29 is 4.79 Å². The summed E-state index contributed by atoms with van der Waals surface area (Å²) in [6, 6.07) is 7.84. The molecule has 15 heavy (non-hydrogen) atoms. The average molecular weight is 287 g/mol. The highest BCUT2D eigenvalue weighted by Gasteiger charge is 2.04. The zero-order valence-electron chi connectivity index (χ0n) is 8.83. The van der Waals surface area contributed by atoms with Crippen LogP contribution in [0, 0.1) is 0 Å². The van der Waals surface area contributed by atoms with Gasteiger partial charge < -0.3 is 0 Å². The molecule has 0 aliphatic heterocycles. The second-order valence-corrected chi connectivity index (χ2v) is 4.97. The van der Waals surface area contributed by atoms with Gasteiger partial charge in [0.1, 0.15) is 0 Å². The fourth-order valence-electron chi connectivity index (χ4n) is 1.30. The normalized spacial score (nSPS) is 10.3. The molecule has 0 radical (unpaired) electrons. The summed E-state index contributed by atoms with van der Waals surface area (Å²) in [7, 11) is 0. The van der Waals surface area contributed by atoms with Crippen molar-refractivity contribution in [1.29, 1.82) is 0 Å². The highest BCUT2D eigenvalue weighted by atomic mass is 79.9. The van der Waals surface area contributed by atoms with Gasteiger partial charge in [-0.1, -0.05) is 28.1 Å². The van der Waals surface area contributed by atoms with Gasteiger partial charge in [-0.05, 0) is 31.2 Å². The van der Waals surface area contributed by atoms with Crippen LogP contribution in [-0.4, -0.2) is 17.4 Å². The van der Waals surface area contributed by atoms with E-state index in [2.05, 4.69) is 15.9 Å². The van der Waals surface area contributed by atoms with Crippen LogP contribution in [0.5, 0.6) is 0 Å². The van der Waals surface area contributed by atoms with Crippen molar-refractivity contribution >= 4 is 33.5 Å². The molecule has 0 N–H and O–H groups in total. The van der Waals surface area contributed by atoms with Gasteiger partial charge in [0.15, 0.2) is 5.78 Å². The Morgan fingerprint density at radius 3 is 2.47 bits per heavy atom. The third kappa shape index (κ3) is 4.39. The van der Waals surface area contributed by atoms with Gasteiger partial charge in [0, 0.05) is 22.2 Å². The first-order valence-electron chi connectivity index (χ1n) is 5.01. The first-order chi connectivity index (χ1) is 7.27. The van der Waals surface area contributed by atoms with Gasteiger partial charge in [0.25, 0.3) is 0 Å². The van der Waals surface area contributed by atoms with Crippen LogP contribution in [0.15, 0.2) is 29.2 Å². The van der Waals surface area contributed by atoms with Gasteiger partial charge in [-0.2, -0.15) is 0 Å². The molecule has 0 fully saturated rings. The maximum absolute atomic E-state index is 11.7. The van der Waals surface area contributed by atoms with Crippen LogP contribution >= 0.6 is 27.7 Å². The minimum atomic E-state index is 0.253. The van der Waals surface area contributed by atoms with Crippen molar-refractivity contribution in [2.75, 3.05) is 11.6 Å². The Morgan fingerprint density at radius 1 is 1.27 bits per heavy atom. The molecule has 82 valence electrons. The molecule has 0 saturated heterocycles. The quantitative estimate of drug-likeness (QED) is 0.338. The molecule has 1 aromatic rings. The SMILES string of the molecule is CSc1ccc(C(=O)CCCCBr)cc1. The number of rotatable bonds is 6. The summed E-state index contributed by atoms with van der Waals surface area (Å²) in [5.41, 5.74) is 0.836. The molecule has 3 heteroatoms. The van der Waals surface area contributed by atoms with Gasteiger partial charge in [0.05, 0.1) is 0 Å².